The number of hydrogen-bond donors (Lipinski definition) is 1. The number of nitrogens with zero attached hydrogens (tertiary/aromatic N) is 3. The maximum Gasteiger partial charge on any atom is 0.108 e. The lowest BCUT2D eigenvalue weighted by Crippen LogP contribution is -1.98. The van der Waals surface area contributed by atoms with E-state index in [2.05, 4.69) is 10.2 Å². The van der Waals surface area contributed by atoms with Crippen molar-refractivity contribution in [2.75, 3.05) is 0 Å². The molecule has 0 radical (unpaired) electrons. The molecule has 4 nitrogen and oxygen atoms in total. The van der Waals surface area contributed by atoms with Gasteiger partial charge in [0.1, 0.15) is 6.34 Å². The molecule has 1 aromatic rings. The molecule has 54 valence electrons. The molecule has 0 saturated heterocycles. The Balaban J connectivity index is 3.03. The van der Waals surface area contributed by atoms with Crippen molar-refractivity contribution in [2.24, 2.45) is 10.8 Å². The molecule has 0 atom stereocenters. The fourth-order valence-corrected chi connectivity index (χ4v) is 0.797. The van der Waals surface area contributed by atoms with Crippen LogP contribution in [0.25, 0.3) is 0 Å². The van der Waals surface area contributed by atoms with Crippen LogP contribution in [0.4, 0.5) is 0 Å². The summed E-state index contributed by atoms with van der Waals surface area (Å²) < 4.78 is 0. The fourth-order valence-electron chi connectivity index (χ4n) is 0.797. The Hall–Kier alpha value is -1.32. The number of hydrogen-bond acceptors (Lipinski definition) is 2. The van der Waals surface area contributed by atoms with Gasteiger partial charge in [-0.2, -0.15) is 9.89 Å². The first-order valence-electron chi connectivity index (χ1n) is 3.02. The summed E-state index contributed by atoms with van der Waals surface area (Å²) >= 11 is 0. The lowest BCUT2D eigenvalue weighted by atomic mass is 10.4. The van der Waals surface area contributed by atoms with Crippen LogP contribution in [0.3, 0.4) is 0 Å². The van der Waals surface area contributed by atoms with Gasteiger partial charge in [0.05, 0.1) is 11.4 Å². The van der Waals surface area contributed by atoms with Crippen LogP contribution in [0.1, 0.15) is 11.4 Å². The first-order valence-corrected chi connectivity index (χ1v) is 3.02. The zero-order valence-corrected chi connectivity index (χ0v) is 6.07. The molecular formula is C6H10N4. The van der Waals surface area contributed by atoms with E-state index in [0.717, 1.165) is 11.4 Å². The van der Waals surface area contributed by atoms with E-state index in [1.54, 1.807) is 0 Å². The molecule has 0 fully saturated rings. The third-order valence-corrected chi connectivity index (χ3v) is 1.16. The molecule has 0 aliphatic rings. The van der Waals surface area contributed by atoms with Crippen molar-refractivity contribution in [2.45, 2.75) is 13.8 Å². The van der Waals surface area contributed by atoms with Crippen molar-refractivity contribution in [3.8, 4) is 0 Å². The van der Waals surface area contributed by atoms with Crippen LogP contribution in [0.5, 0.6) is 0 Å². The highest BCUT2D eigenvalue weighted by Gasteiger charge is 1.95. The summed E-state index contributed by atoms with van der Waals surface area (Å²) in [6, 6.07) is 1.94. The van der Waals surface area contributed by atoms with Gasteiger partial charge in [0, 0.05) is 0 Å². The first-order chi connectivity index (χ1) is 4.74. The Morgan fingerprint density at radius 3 is 2.80 bits per heavy atom. The topological polar surface area (TPSA) is 56.2 Å². The predicted molar refractivity (Wildman–Crippen MR) is 39.8 cm³/mol. The molecule has 0 spiro atoms. The third kappa shape index (κ3) is 1.15. The Bertz CT molecular complexity index is 248. The third-order valence-electron chi connectivity index (χ3n) is 1.16. The molecule has 1 rings (SSSR count). The van der Waals surface area contributed by atoms with Gasteiger partial charge in [-0.1, -0.05) is 0 Å². The average molecular weight is 138 g/mol. The molecule has 0 aliphatic carbocycles. The Kier molecular flexibility index (Phi) is 1.71. The van der Waals surface area contributed by atoms with Crippen molar-refractivity contribution in [3.05, 3.63) is 17.5 Å². The van der Waals surface area contributed by atoms with Gasteiger partial charge < -0.3 is 5.73 Å². The van der Waals surface area contributed by atoms with Gasteiger partial charge in [-0.25, -0.2) is 0 Å². The van der Waals surface area contributed by atoms with Crippen LogP contribution in [-0.4, -0.2) is 16.2 Å². The van der Waals surface area contributed by atoms with Crippen LogP contribution in [0.2, 0.25) is 0 Å². The Morgan fingerprint density at radius 1 is 1.70 bits per heavy atom. The van der Waals surface area contributed by atoms with Gasteiger partial charge in [0.2, 0.25) is 0 Å². The van der Waals surface area contributed by atoms with Gasteiger partial charge in [-0.3, -0.25) is 0 Å². The second-order valence-corrected chi connectivity index (χ2v) is 2.08. The zero-order valence-electron chi connectivity index (χ0n) is 6.07. The minimum Gasteiger partial charge on any atom is -0.388 e. The van der Waals surface area contributed by atoms with Crippen LogP contribution in [0.15, 0.2) is 11.2 Å². The van der Waals surface area contributed by atoms with Gasteiger partial charge in [-0.15, -0.1) is 5.10 Å². The molecule has 1 heterocycles. The zero-order chi connectivity index (χ0) is 7.56. The van der Waals surface area contributed by atoms with Crippen molar-refractivity contribution >= 4 is 6.34 Å². The van der Waals surface area contributed by atoms with Gasteiger partial charge in [-0.05, 0) is 19.9 Å². The normalized spacial score (nSPS) is 11.0. The molecule has 10 heavy (non-hydrogen) atoms. The predicted octanol–water partition coefficient (Wildman–Crippen LogP) is 0.250. The maximum atomic E-state index is 5.09. The van der Waals surface area contributed by atoms with Crippen molar-refractivity contribution in [3.63, 3.8) is 0 Å². The highest BCUT2D eigenvalue weighted by molar-refractivity contribution is 5.50. The Morgan fingerprint density at radius 2 is 2.40 bits per heavy atom. The molecule has 0 amide bonds. The fraction of sp³-hybridized carbons (Fsp3) is 0.333. The Labute approximate surface area is 59.3 Å². The van der Waals surface area contributed by atoms with E-state index in [9.17, 15) is 0 Å². The van der Waals surface area contributed by atoms with Gasteiger partial charge >= 0.3 is 0 Å². The largest absolute Gasteiger partial charge is 0.388 e. The molecule has 1 aromatic heterocycles. The van der Waals surface area contributed by atoms with Crippen molar-refractivity contribution < 1.29 is 0 Å². The second kappa shape index (κ2) is 2.51. The summed E-state index contributed by atoms with van der Waals surface area (Å²) in [6.07, 6.45) is 1.22. The highest BCUT2D eigenvalue weighted by Crippen LogP contribution is 1.99. The minimum absolute atomic E-state index is 0.947. The molecule has 0 saturated carbocycles. The summed E-state index contributed by atoms with van der Waals surface area (Å²) in [5, 5.41) is 7.82. The van der Waals surface area contributed by atoms with Crippen LogP contribution in [0, 0.1) is 13.8 Å². The molecule has 0 unspecified atom stereocenters. The van der Waals surface area contributed by atoms with Crippen LogP contribution in [-0.2, 0) is 0 Å². The molecular weight excluding hydrogens is 128 g/mol. The number of aromatic nitrogens is 2. The van der Waals surface area contributed by atoms with E-state index in [0.29, 0.717) is 0 Å². The summed E-state index contributed by atoms with van der Waals surface area (Å²) in [5.41, 5.74) is 7.02. The smallest absolute Gasteiger partial charge is 0.108 e. The summed E-state index contributed by atoms with van der Waals surface area (Å²) in [6.45, 7) is 3.84. The van der Waals surface area contributed by atoms with Gasteiger partial charge in [0.25, 0.3) is 0 Å². The molecule has 0 aromatic carbocycles. The monoisotopic (exact) mass is 138 g/mol. The van der Waals surface area contributed by atoms with E-state index < -0.39 is 0 Å². The molecule has 4 heteroatoms. The molecule has 0 aliphatic heterocycles. The van der Waals surface area contributed by atoms with Crippen molar-refractivity contribution in [1.29, 1.82) is 0 Å². The highest BCUT2D eigenvalue weighted by atomic mass is 15.5. The van der Waals surface area contributed by atoms with E-state index in [1.165, 1.54) is 11.1 Å². The number of nitrogens with two attached hydrogens (primary N) is 1. The van der Waals surface area contributed by atoms with Crippen LogP contribution < -0.4 is 5.73 Å². The van der Waals surface area contributed by atoms with E-state index >= 15 is 0 Å². The van der Waals surface area contributed by atoms with E-state index in [4.69, 9.17) is 5.73 Å². The quantitative estimate of drug-likeness (QED) is 0.446. The van der Waals surface area contributed by atoms with E-state index in [1.807, 2.05) is 19.9 Å². The summed E-state index contributed by atoms with van der Waals surface area (Å²) in [4.78, 5) is 1.50. The number of rotatable bonds is 1. The molecule has 2 N–H and O–H groups in total. The lowest BCUT2D eigenvalue weighted by Gasteiger charge is -1.90. The average Bonchev–Trinajstić information content (AvgIpc) is 2.13. The molecule has 0 bridgehead atoms. The van der Waals surface area contributed by atoms with Gasteiger partial charge in [0.15, 0.2) is 0 Å². The standard InChI is InChI=1S/C6H10N4/c1-5-3-6(2)10(9-5)8-4-7/h3-4H,1-2H3,(H2,7,8). The summed E-state index contributed by atoms with van der Waals surface area (Å²) in [7, 11) is 0. The number of aryl methyl sites for hydroxylation is 2. The van der Waals surface area contributed by atoms with E-state index in [-0.39, 0.29) is 0 Å². The van der Waals surface area contributed by atoms with Crippen molar-refractivity contribution in [1.82, 2.24) is 9.89 Å². The minimum atomic E-state index is 0.947. The maximum absolute atomic E-state index is 5.09. The lowest BCUT2D eigenvalue weighted by molar-refractivity contribution is 0.710. The first kappa shape index (κ1) is 6.80. The van der Waals surface area contributed by atoms with Crippen LogP contribution >= 0.6 is 0 Å². The summed E-state index contributed by atoms with van der Waals surface area (Å²) in [5.74, 6) is 0. The second-order valence-electron chi connectivity index (χ2n) is 2.08. The SMILES string of the molecule is Cc1cc(C)n(/N=C/N)n1.